The van der Waals surface area contributed by atoms with E-state index in [1.165, 1.54) is 6.07 Å². The number of Topliss-reactive ketones (excluding diaryl/α,β-unsaturated/α-hetero) is 1. The van der Waals surface area contributed by atoms with E-state index >= 15 is 0 Å². The van der Waals surface area contributed by atoms with E-state index in [9.17, 15) is 22.8 Å². The normalized spacial score (nSPS) is 13.2. The minimum Gasteiger partial charge on any atom is -0.478 e. The average molecular weight is 325 g/mol. The molecule has 0 aliphatic carbocycles. The van der Waals surface area contributed by atoms with Gasteiger partial charge in [-0.05, 0) is 18.6 Å². The first kappa shape index (κ1) is 14.7. The zero-order chi connectivity index (χ0) is 14.1. The molecule has 0 aliphatic heterocycles. The van der Waals surface area contributed by atoms with Crippen molar-refractivity contribution in [3.8, 4) is 0 Å². The lowest BCUT2D eigenvalue weighted by atomic mass is 9.97. The van der Waals surface area contributed by atoms with Gasteiger partial charge in [0.2, 0.25) is 0 Å². The summed E-state index contributed by atoms with van der Waals surface area (Å²) in [5.74, 6) is -2.19. The Morgan fingerprint density at radius 3 is 2.28 bits per heavy atom. The fourth-order valence-electron chi connectivity index (χ4n) is 1.48. The third kappa shape index (κ3) is 2.90. The summed E-state index contributed by atoms with van der Waals surface area (Å²) in [6.07, 6.45) is -4.78. The maximum absolute atomic E-state index is 12.7. The van der Waals surface area contributed by atoms with Crippen molar-refractivity contribution in [2.75, 3.05) is 0 Å². The van der Waals surface area contributed by atoms with Crippen molar-refractivity contribution in [3.63, 3.8) is 0 Å². The highest BCUT2D eigenvalue weighted by Gasteiger charge is 2.37. The minimum absolute atomic E-state index is 0.204. The number of carbonyl (C=O) groups is 2. The molecule has 0 heterocycles. The molecule has 0 bridgehead atoms. The highest BCUT2D eigenvalue weighted by Crippen LogP contribution is 2.37. The zero-order valence-electron chi connectivity index (χ0n) is 9.08. The second kappa shape index (κ2) is 5.09. The monoisotopic (exact) mass is 324 g/mol. The molecule has 0 aromatic heterocycles. The van der Waals surface area contributed by atoms with Gasteiger partial charge >= 0.3 is 12.1 Å². The molecule has 0 radical (unpaired) electrons. The molecule has 1 aromatic rings. The number of hydrogen-bond acceptors (Lipinski definition) is 2. The van der Waals surface area contributed by atoms with Gasteiger partial charge in [-0.15, -0.1) is 0 Å². The topological polar surface area (TPSA) is 54.4 Å². The Hall–Kier alpha value is -1.37. The second-order valence-corrected chi connectivity index (χ2v) is 4.46. The number of aromatic carboxylic acids is 1. The molecule has 0 spiro atoms. The number of halogens is 4. The van der Waals surface area contributed by atoms with E-state index in [1.54, 1.807) is 0 Å². The van der Waals surface area contributed by atoms with Gasteiger partial charge in [-0.3, -0.25) is 4.79 Å². The van der Waals surface area contributed by atoms with Gasteiger partial charge < -0.3 is 5.11 Å². The standard InChI is InChI=1S/C11H8BrF3O3/c1-5(16)9(12)6-3-2-4-7(11(13,14)15)8(6)10(17)18/h2-4,9H,1H3,(H,17,18). The average Bonchev–Trinajstić information content (AvgIpc) is 2.25. The highest BCUT2D eigenvalue weighted by atomic mass is 79.9. The number of hydrogen-bond donors (Lipinski definition) is 1. The van der Waals surface area contributed by atoms with Crippen LogP contribution in [0.1, 0.15) is 33.2 Å². The Balaban J connectivity index is 3.55. The smallest absolute Gasteiger partial charge is 0.417 e. The van der Waals surface area contributed by atoms with Crippen LogP contribution in [0.2, 0.25) is 0 Å². The summed E-state index contributed by atoms with van der Waals surface area (Å²) in [6.45, 7) is 1.16. The SMILES string of the molecule is CC(=O)C(Br)c1cccc(C(F)(F)F)c1C(=O)O. The van der Waals surface area contributed by atoms with Gasteiger partial charge in [0, 0.05) is 0 Å². The van der Waals surface area contributed by atoms with Crippen LogP contribution in [-0.4, -0.2) is 16.9 Å². The van der Waals surface area contributed by atoms with E-state index in [1.807, 2.05) is 0 Å². The van der Waals surface area contributed by atoms with Gasteiger partial charge in [0.1, 0.15) is 5.78 Å². The van der Waals surface area contributed by atoms with Crippen molar-refractivity contribution >= 4 is 27.7 Å². The Morgan fingerprint density at radius 1 is 1.33 bits per heavy atom. The zero-order valence-corrected chi connectivity index (χ0v) is 10.7. The van der Waals surface area contributed by atoms with Crippen LogP contribution in [0.25, 0.3) is 0 Å². The molecule has 1 aromatic carbocycles. The van der Waals surface area contributed by atoms with Gasteiger partial charge in [0.15, 0.2) is 0 Å². The van der Waals surface area contributed by atoms with Crippen LogP contribution in [0.15, 0.2) is 18.2 Å². The first-order valence-electron chi connectivity index (χ1n) is 4.74. The largest absolute Gasteiger partial charge is 0.478 e. The van der Waals surface area contributed by atoms with E-state index in [-0.39, 0.29) is 5.56 Å². The van der Waals surface area contributed by atoms with Crippen molar-refractivity contribution in [2.24, 2.45) is 0 Å². The number of benzene rings is 1. The Labute approximate surface area is 109 Å². The molecule has 1 unspecified atom stereocenters. The number of alkyl halides is 4. The number of carboxylic acids is 1. The van der Waals surface area contributed by atoms with Crippen LogP contribution in [0.4, 0.5) is 13.2 Å². The van der Waals surface area contributed by atoms with Crippen LogP contribution >= 0.6 is 15.9 Å². The first-order valence-corrected chi connectivity index (χ1v) is 5.65. The van der Waals surface area contributed by atoms with Crippen LogP contribution in [0.3, 0.4) is 0 Å². The molecular formula is C11H8BrF3O3. The third-order valence-electron chi connectivity index (χ3n) is 2.25. The third-order valence-corrected chi connectivity index (χ3v) is 3.38. The molecular weight excluding hydrogens is 317 g/mol. The van der Waals surface area contributed by atoms with Gasteiger partial charge in [0.05, 0.1) is 16.0 Å². The molecule has 1 atom stereocenters. The summed E-state index contributed by atoms with van der Waals surface area (Å²) < 4.78 is 38.1. The van der Waals surface area contributed by atoms with E-state index in [0.717, 1.165) is 13.0 Å². The highest BCUT2D eigenvalue weighted by molar-refractivity contribution is 9.09. The molecule has 0 saturated heterocycles. The molecule has 1 rings (SSSR count). The predicted octanol–water partition coefficient (Wildman–Crippen LogP) is 3.43. The van der Waals surface area contributed by atoms with Gasteiger partial charge in [0.25, 0.3) is 0 Å². The van der Waals surface area contributed by atoms with E-state index in [0.29, 0.717) is 6.07 Å². The van der Waals surface area contributed by atoms with Crippen molar-refractivity contribution in [1.82, 2.24) is 0 Å². The molecule has 0 fully saturated rings. The van der Waals surface area contributed by atoms with Crippen molar-refractivity contribution in [1.29, 1.82) is 0 Å². The Kier molecular flexibility index (Phi) is 4.16. The summed E-state index contributed by atoms with van der Waals surface area (Å²) in [7, 11) is 0. The van der Waals surface area contributed by atoms with E-state index in [2.05, 4.69) is 15.9 Å². The molecule has 98 valence electrons. The first-order chi connectivity index (χ1) is 8.16. The number of ketones is 1. The Bertz CT molecular complexity index is 497. The molecule has 0 aliphatic rings. The van der Waals surface area contributed by atoms with Crippen molar-refractivity contribution < 1.29 is 27.9 Å². The maximum atomic E-state index is 12.7. The van der Waals surface area contributed by atoms with Gasteiger partial charge in [-0.2, -0.15) is 13.2 Å². The molecule has 3 nitrogen and oxygen atoms in total. The van der Waals surface area contributed by atoms with Crippen LogP contribution in [0, 0.1) is 0 Å². The van der Waals surface area contributed by atoms with Crippen LogP contribution < -0.4 is 0 Å². The van der Waals surface area contributed by atoms with Crippen LogP contribution in [-0.2, 0) is 11.0 Å². The number of carbonyl (C=O) groups excluding carboxylic acids is 1. The lowest BCUT2D eigenvalue weighted by molar-refractivity contribution is -0.138. The van der Waals surface area contributed by atoms with Crippen LogP contribution in [0.5, 0.6) is 0 Å². The molecule has 7 heteroatoms. The molecule has 0 amide bonds. The Morgan fingerprint density at radius 2 is 1.89 bits per heavy atom. The summed E-state index contributed by atoms with van der Waals surface area (Å²) in [6, 6.07) is 2.92. The fraction of sp³-hybridized carbons (Fsp3) is 0.273. The lowest BCUT2D eigenvalue weighted by Gasteiger charge is -2.15. The maximum Gasteiger partial charge on any atom is 0.417 e. The number of rotatable bonds is 3. The van der Waals surface area contributed by atoms with E-state index in [4.69, 9.17) is 5.11 Å². The lowest BCUT2D eigenvalue weighted by Crippen LogP contribution is -2.17. The minimum atomic E-state index is -4.78. The van der Waals surface area contributed by atoms with Gasteiger partial charge in [-0.1, -0.05) is 28.1 Å². The summed E-state index contributed by atoms with van der Waals surface area (Å²) in [5, 5.41) is 8.91. The van der Waals surface area contributed by atoms with Crippen molar-refractivity contribution in [2.45, 2.75) is 17.9 Å². The molecule has 1 N–H and O–H groups in total. The molecule has 18 heavy (non-hydrogen) atoms. The number of carboxylic acid groups (broad SMARTS) is 1. The summed E-state index contributed by atoms with van der Waals surface area (Å²) >= 11 is 2.89. The quantitative estimate of drug-likeness (QED) is 0.867. The van der Waals surface area contributed by atoms with E-state index < -0.39 is 33.9 Å². The predicted molar refractivity (Wildman–Crippen MR) is 60.8 cm³/mol. The second-order valence-electron chi connectivity index (χ2n) is 3.55. The van der Waals surface area contributed by atoms with Crippen molar-refractivity contribution in [3.05, 3.63) is 34.9 Å². The summed E-state index contributed by atoms with van der Waals surface area (Å²) in [4.78, 5) is 21.1. The molecule has 0 saturated carbocycles. The summed E-state index contributed by atoms with van der Waals surface area (Å²) in [5.41, 5.74) is -2.37. The fourth-order valence-corrected chi connectivity index (χ4v) is 1.86. The van der Waals surface area contributed by atoms with Gasteiger partial charge in [-0.25, -0.2) is 4.79 Å².